The maximum absolute atomic E-state index is 12.2. The van der Waals surface area contributed by atoms with Gasteiger partial charge in [-0.15, -0.1) is 0 Å². The molecule has 1 aliphatic heterocycles. The van der Waals surface area contributed by atoms with E-state index in [1.807, 2.05) is 19.1 Å². The molecule has 0 unspecified atom stereocenters. The first-order valence-electron chi connectivity index (χ1n) is 5.74. The van der Waals surface area contributed by atoms with Crippen molar-refractivity contribution in [3.8, 4) is 0 Å². The normalized spacial score (nSPS) is 17.7. The highest BCUT2D eigenvalue weighted by Crippen LogP contribution is 2.27. The maximum Gasteiger partial charge on any atom is 0.301 e. The fourth-order valence-corrected chi connectivity index (χ4v) is 3.55. The van der Waals surface area contributed by atoms with Crippen molar-refractivity contribution in [1.29, 1.82) is 0 Å². The van der Waals surface area contributed by atoms with Crippen molar-refractivity contribution in [3.63, 3.8) is 0 Å². The second-order valence-corrected chi connectivity index (χ2v) is 6.66. The number of nitrogens with zero attached hydrogens (tertiary/aromatic N) is 1. The van der Waals surface area contributed by atoms with E-state index in [1.54, 1.807) is 6.07 Å². The van der Waals surface area contributed by atoms with Crippen LogP contribution in [0.15, 0.2) is 22.7 Å². The first kappa shape index (κ1) is 13.8. The molecular weight excluding hydrogens is 318 g/mol. The summed E-state index contributed by atoms with van der Waals surface area (Å²) in [6.07, 6.45) is 0. The van der Waals surface area contributed by atoms with E-state index in [1.165, 1.54) is 4.31 Å². The summed E-state index contributed by atoms with van der Waals surface area (Å²) >= 11 is 3.40. The maximum atomic E-state index is 12.2. The van der Waals surface area contributed by atoms with Crippen LogP contribution in [0.4, 0.5) is 5.69 Å². The van der Waals surface area contributed by atoms with Gasteiger partial charge in [-0.05, 0) is 34.5 Å². The van der Waals surface area contributed by atoms with Gasteiger partial charge in [0.2, 0.25) is 0 Å². The fourth-order valence-electron chi connectivity index (χ4n) is 1.81. The molecular formula is C11H16BrN3O2S. The third-order valence-corrected chi connectivity index (χ3v) is 5.42. The lowest BCUT2D eigenvalue weighted by Crippen LogP contribution is -2.48. The molecule has 0 saturated carbocycles. The molecule has 0 spiro atoms. The van der Waals surface area contributed by atoms with Gasteiger partial charge in [-0.2, -0.15) is 12.7 Å². The molecule has 2 rings (SSSR count). The molecule has 0 bridgehead atoms. The van der Waals surface area contributed by atoms with Gasteiger partial charge >= 0.3 is 10.2 Å². The SMILES string of the molecule is Cc1cccc(NS(=O)(=O)N2CCNCC2)c1Br. The molecule has 1 aromatic carbocycles. The van der Waals surface area contributed by atoms with E-state index in [9.17, 15) is 8.42 Å². The predicted octanol–water partition coefficient (Wildman–Crippen LogP) is 1.32. The number of rotatable bonds is 3. The van der Waals surface area contributed by atoms with Crippen LogP contribution in [0.1, 0.15) is 5.56 Å². The molecule has 1 aromatic rings. The van der Waals surface area contributed by atoms with Crippen LogP contribution in [0.5, 0.6) is 0 Å². The van der Waals surface area contributed by atoms with E-state index in [0.717, 1.165) is 10.0 Å². The average Bonchev–Trinajstić information content (AvgIpc) is 2.36. The monoisotopic (exact) mass is 333 g/mol. The number of aryl methyl sites for hydroxylation is 1. The van der Waals surface area contributed by atoms with Gasteiger partial charge < -0.3 is 5.32 Å². The summed E-state index contributed by atoms with van der Waals surface area (Å²) in [4.78, 5) is 0. The van der Waals surface area contributed by atoms with Crippen LogP contribution >= 0.6 is 15.9 Å². The summed E-state index contributed by atoms with van der Waals surface area (Å²) in [6, 6.07) is 5.50. The number of anilines is 1. The third kappa shape index (κ3) is 3.03. The molecule has 5 nitrogen and oxygen atoms in total. The highest BCUT2D eigenvalue weighted by atomic mass is 79.9. The van der Waals surface area contributed by atoms with Crippen LogP contribution in [0.25, 0.3) is 0 Å². The Morgan fingerprint density at radius 2 is 2.00 bits per heavy atom. The number of piperazine rings is 1. The van der Waals surface area contributed by atoms with Crippen molar-refractivity contribution in [1.82, 2.24) is 9.62 Å². The Kier molecular flexibility index (Phi) is 4.26. The molecule has 0 aliphatic carbocycles. The molecule has 0 atom stereocenters. The Labute approximate surface area is 116 Å². The zero-order valence-electron chi connectivity index (χ0n) is 10.1. The quantitative estimate of drug-likeness (QED) is 0.876. The van der Waals surface area contributed by atoms with E-state index in [0.29, 0.717) is 31.9 Å². The molecule has 100 valence electrons. The van der Waals surface area contributed by atoms with Gasteiger partial charge in [0.05, 0.1) is 5.69 Å². The summed E-state index contributed by atoms with van der Waals surface area (Å²) < 4.78 is 29.2. The van der Waals surface area contributed by atoms with Crippen molar-refractivity contribution in [2.75, 3.05) is 30.9 Å². The van der Waals surface area contributed by atoms with Gasteiger partial charge in [-0.25, -0.2) is 0 Å². The lowest BCUT2D eigenvalue weighted by Gasteiger charge is -2.27. The van der Waals surface area contributed by atoms with Crippen molar-refractivity contribution in [3.05, 3.63) is 28.2 Å². The molecule has 2 N–H and O–H groups in total. The summed E-state index contributed by atoms with van der Waals surface area (Å²) in [5.41, 5.74) is 1.57. The fraction of sp³-hybridized carbons (Fsp3) is 0.455. The zero-order chi connectivity index (χ0) is 13.2. The van der Waals surface area contributed by atoms with E-state index in [2.05, 4.69) is 26.0 Å². The Hall–Kier alpha value is -0.630. The topological polar surface area (TPSA) is 61.4 Å². The Balaban J connectivity index is 2.19. The highest BCUT2D eigenvalue weighted by Gasteiger charge is 2.24. The number of benzene rings is 1. The summed E-state index contributed by atoms with van der Waals surface area (Å²) in [7, 11) is -3.46. The van der Waals surface area contributed by atoms with Crippen molar-refractivity contribution >= 4 is 31.8 Å². The molecule has 1 fully saturated rings. The standard InChI is InChI=1S/C11H16BrN3O2S/c1-9-3-2-4-10(11(9)12)14-18(16,17)15-7-5-13-6-8-15/h2-4,13-14H,5-8H2,1H3. The molecule has 1 aliphatic rings. The van der Waals surface area contributed by atoms with Gasteiger partial charge in [-0.3, -0.25) is 4.72 Å². The van der Waals surface area contributed by atoms with Gasteiger partial charge in [0.25, 0.3) is 0 Å². The highest BCUT2D eigenvalue weighted by molar-refractivity contribution is 9.10. The van der Waals surface area contributed by atoms with Crippen LogP contribution in [0.3, 0.4) is 0 Å². The van der Waals surface area contributed by atoms with Crippen LogP contribution in [-0.2, 0) is 10.2 Å². The first-order valence-corrected chi connectivity index (χ1v) is 7.98. The third-order valence-electron chi connectivity index (χ3n) is 2.85. The lowest BCUT2D eigenvalue weighted by atomic mass is 10.2. The minimum atomic E-state index is -3.46. The lowest BCUT2D eigenvalue weighted by molar-refractivity contribution is 0.362. The van der Waals surface area contributed by atoms with Gasteiger partial charge in [-0.1, -0.05) is 12.1 Å². The number of nitrogens with one attached hydrogen (secondary N) is 2. The van der Waals surface area contributed by atoms with Gasteiger partial charge in [0, 0.05) is 30.7 Å². The van der Waals surface area contributed by atoms with E-state index in [-0.39, 0.29) is 0 Å². The van der Waals surface area contributed by atoms with E-state index in [4.69, 9.17) is 0 Å². The largest absolute Gasteiger partial charge is 0.314 e. The minimum Gasteiger partial charge on any atom is -0.314 e. The molecule has 1 saturated heterocycles. The van der Waals surface area contributed by atoms with Crippen LogP contribution in [-0.4, -0.2) is 38.9 Å². The summed E-state index contributed by atoms with van der Waals surface area (Å²) in [6.45, 7) is 4.30. The minimum absolute atomic E-state index is 0.499. The van der Waals surface area contributed by atoms with E-state index < -0.39 is 10.2 Å². The molecule has 7 heteroatoms. The predicted molar refractivity (Wildman–Crippen MR) is 75.9 cm³/mol. The van der Waals surface area contributed by atoms with Crippen LogP contribution in [0, 0.1) is 6.92 Å². The molecule has 0 amide bonds. The Morgan fingerprint density at radius 1 is 1.33 bits per heavy atom. The first-order chi connectivity index (χ1) is 8.50. The van der Waals surface area contributed by atoms with Gasteiger partial charge in [0.15, 0.2) is 0 Å². The van der Waals surface area contributed by atoms with Crippen molar-refractivity contribution in [2.24, 2.45) is 0 Å². The van der Waals surface area contributed by atoms with Crippen LogP contribution in [0.2, 0.25) is 0 Å². The second kappa shape index (κ2) is 5.56. The molecule has 18 heavy (non-hydrogen) atoms. The van der Waals surface area contributed by atoms with Crippen LogP contribution < -0.4 is 10.0 Å². The van der Waals surface area contributed by atoms with Gasteiger partial charge in [0.1, 0.15) is 0 Å². The smallest absolute Gasteiger partial charge is 0.301 e. The number of hydrogen-bond donors (Lipinski definition) is 2. The summed E-state index contributed by atoms with van der Waals surface area (Å²) in [5, 5.41) is 3.13. The Morgan fingerprint density at radius 3 is 2.67 bits per heavy atom. The number of halogens is 1. The molecule has 0 radical (unpaired) electrons. The average molecular weight is 334 g/mol. The van der Waals surface area contributed by atoms with Crippen molar-refractivity contribution in [2.45, 2.75) is 6.92 Å². The molecule has 0 aromatic heterocycles. The Bertz CT molecular complexity index is 527. The zero-order valence-corrected chi connectivity index (χ0v) is 12.5. The van der Waals surface area contributed by atoms with Crippen molar-refractivity contribution < 1.29 is 8.42 Å². The number of hydrogen-bond acceptors (Lipinski definition) is 3. The molecule has 1 heterocycles. The summed E-state index contributed by atoms with van der Waals surface area (Å²) in [5.74, 6) is 0. The second-order valence-electron chi connectivity index (χ2n) is 4.19. The van der Waals surface area contributed by atoms with E-state index >= 15 is 0 Å².